The van der Waals surface area contributed by atoms with Gasteiger partial charge in [0.05, 0.1) is 11.2 Å². The minimum atomic E-state index is -3.89. The fraction of sp³-hybridized carbons (Fsp3) is 0. The van der Waals surface area contributed by atoms with Gasteiger partial charge in [0.25, 0.3) is 10.0 Å². The number of hydrogen-bond donors (Lipinski definition) is 2. The molecule has 1 aromatic carbocycles. The number of nitrogens with zero attached hydrogens (tertiary/aromatic N) is 2. The molecule has 98 valence electrons. The minimum Gasteiger partial charge on any atom is -0.263 e. The average molecular weight is 362 g/mol. The molecule has 0 aliphatic heterocycles. The zero-order valence-corrected chi connectivity index (χ0v) is 12.3. The topological polar surface area (TPSA) is 98.6 Å². The number of sulfonamides is 1. The number of nitrogens with one attached hydrogen (secondary N) is 2. The van der Waals surface area contributed by atoms with Crippen LogP contribution in [-0.4, -0.2) is 18.6 Å². The second-order valence-electron chi connectivity index (χ2n) is 3.45. The maximum atomic E-state index is 12.1. The molecule has 0 amide bonds. The van der Waals surface area contributed by atoms with Crippen molar-refractivity contribution >= 4 is 43.4 Å². The molecule has 0 aliphatic carbocycles. The van der Waals surface area contributed by atoms with Crippen LogP contribution in [0.4, 0.5) is 5.82 Å². The third-order valence-corrected chi connectivity index (χ3v) is 4.51. The van der Waals surface area contributed by atoms with Crippen molar-refractivity contribution in [2.75, 3.05) is 4.72 Å². The van der Waals surface area contributed by atoms with Crippen LogP contribution >= 0.6 is 27.5 Å². The molecule has 0 saturated carbocycles. The standard InChI is InChI=1S/C10H6BrClN4O2S/c11-7-1-2-9(8(12)3-7)19(17,18)16-10-6(4-13)5-14-15-10/h1-3,5H,(H2,14,15,16). The van der Waals surface area contributed by atoms with E-state index in [9.17, 15) is 8.42 Å². The van der Waals surface area contributed by atoms with Crippen molar-refractivity contribution in [3.05, 3.63) is 39.5 Å². The number of rotatable bonds is 3. The molecule has 0 unspecified atom stereocenters. The Morgan fingerprint density at radius 3 is 2.84 bits per heavy atom. The van der Waals surface area contributed by atoms with Gasteiger partial charge in [-0.15, -0.1) is 0 Å². The third-order valence-electron chi connectivity index (χ3n) is 2.18. The molecule has 2 rings (SSSR count). The van der Waals surface area contributed by atoms with E-state index in [1.54, 1.807) is 6.07 Å². The van der Waals surface area contributed by atoms with Crippen LogP contribution in [0.3, 0.4) is 0 Å². The number of halogens is 2. The highest BCUT2D eigenvalue weighted by Gasteiger charge is 2.20. The van der Waals surface area contributed by atoms with Gasteiger partial charge in [0, 0.05) is 4.47 Å². The molecule has 0 spiro atoms. The lowest BCUT2D eigenvalue weighted by molar-refractivity contribution is 0.601. The molecule has 19 heavy (non-hydrogen) atoms. The fourth-order valence-electron chi connectivity index (χ4n) is 1.33. The first-order valence-electron chi connectivity index (χ1n) is 4.85. The second kappa shape index (κ2) is 5.21. The average Bonchev–Trinajstić information content (AvgIpc) is 2.74. The molecule has 0 fully saturated rings. The lowest BCUT2D eigenvalue weighted by Gasteiger charge is -2.08. The lowest BCUT2D eigenvalue weighted by Crippen LogP contribution is -2.14. The first kappa shape index (κ1) is 13.9. The Hall–Kier alpha value is -1.56. The van der Waals surface area contributed by atoms with Crippen LogP contribution in [0.1, 0.15) is 5.56 Å². The Morgan fingerprint density at radius 1 is 1.47 bits per heavy atom. The van der Waals surface area contributed by atoms with E-state index in [0.29, 0.717) is 4.47 Å². The van der Waals surface area contributed by atoms with Crippen molar-refractivity contribution in [3.8, 4) is 6.07 Å². The number of anilines is 1. The summed E-state index contributed by atoms with van der Waals surface area (Å²) in [5.74, 6) is 0.00138. The van der Waals surface area contributed by atoms with Crippen molar-refractivity contribution in [2.24, 2.45) is 0 Å². The van der Waals surface area contributed by atoms with E-state index in [4.69, 9.17) is 16.9 Å². The van der Waals surface area contributed by atoms with E-state index >= 15 is 0 Å². The van der Waals surface area contributed by atoms with Crippen molar-refractivity contribution in [3.63, 3.8) is 0 Å². The van der Waals surface area contributed by atoms with E-state index in [1.807, 2.05) is 6.07 Å². The summed E-state index contributed by atoms with van der Waals surface area (Å²) in [5, 5.41) is 14.8. The van der Waals surface area contributed by atoms with Crippen LogP contribution in [0, 0.1) is 11.3 Å². The summed E-state index contributed by atoms with van der Waals surface area (Å²) >= 11 is 9.08. The predicted octanol–water partition coefficient (Wildman–Crippen LogP) is 2.50. The Kier molecular flexibility index (Phi) is 3.80. The van der Waals surface area contributed by atoms with Gasteiger partial charge in [0.1, 0.15) is 16.5 Å². The predicted molar refractivity (Wildman–Crippen MR) is 73.3 cm³/mol. The Labute approximate surface area is 122 Å². The first-order valence-corrected chi connectivity index (χ1v) is 7.51. The van der Waals surface area contributed by atoms with Gasteiger partial charge in [0.15, 0.2) is 5.82 Å². The van der Waals surface area contributed by atoms with Gasteiger partial charge in [-0.25, -0.2) is 8.42 Å². The molecule has 1 heterocycles. The van der Waals surface area contributed by atoms with E-state index in [0.717, 1.165) is 0 Å². The molecule has 0 radical (unpaired) electrons. The van der Waals surface area contributed by atoms with Crippen molar-refractivity contribution in [2.45, 2.75) is 4.90 Å². The first-order chi connectivity index (χ1) is 8.94. The van der Waals surface area contributed by atoms with Gasteiger partial charge in [-0.3, -0.25) is 9.82 Å². The van der Waals surface area contributed by atoms with E-state index < -0.39 is 10.0 Å². The van der Waals surface area contributed by atoms with Crippen LogP contribution in [0.25, 0.3) is 0 Å². The summed E-state index contributed by atoms with van der Waals surface area (Å²) in [5.41, 5.74) is 0.0943. The maximum absolute atomic E-state index is 12.1. The molecule has 0 atom stereocenters. The molecular formula is C10H6BrClN4O2S. The Morgan fingerprint density at radius 2 is 2.21 bits per heavy atom. The smallest absolute Gasteiger partial charge is 0.263 e. The Balaban J connectivity index is 2.41. The second-order valence-corrected chi connectivity index (χ2v) is 6.42. The molecule has 0 bridgehead atoms. The third kappa shape index (κ3) is 2.89. The summed E-state index contributed by atoms with van der Waals surface area (Å²) < 4.78 is 27.2. The highest BCUT2D eigenvalue weighted by atomic mass is 79.9. The number of nitriles is 1. The molecule has 2 aromatic rings. The summed E-state index contributed by atoms with van der Waals surface area (Å²) in [6, 6.07) is 6.19. The number of H-pyrrole nitrogens is 1. The quantitative estimate of drug-likeness (QED) is 0.877. The summed E-state index contributed by atoms with van der Waals surface area (Å²) in [6.45, 7) is 0. The van der Waals surface area contributed by atoms with Gasteiger partial charge in [0.2, 0.25) is 0 Å². The molecule has 0 aliphatic rings. The minimum absolute atomic E-state index is 0.00138. The highest BCUT2D eigenvalue weighted by Crippen LogP contribution is 2.27. The molecule has 0 saturated heterocycles. The van der Waals surface area contributed by atoms with Crippen molar-refractivity contribution in [1.82, 2.24) is 10.2 Å². The molecule has 1 aromatic heterocycles. The Bertz CT molecular complexity index is 766. The van der Waals surface area contributed by atoms with Crippen LogP contribution in [0.2, 0.25) is 5.02 Å². The number of hydrogen-bond acceptors (Lipinski definition) is 4. The lowest BCUT2D eigenvalue weighted by atomic mass is 10.4. The zero-order valence-electron chi connectivity index (χ0n) is 9.18. The van der Waals surface area contributed by atoms with Gasteiger partial charge < -0.3 is 0 Å². The number of aromatic nitrogens is 2. The van der Waals surface area contributed by atoms with Gasteiger partial charge in [-0.1, -0.05) is 27.5 Å². The van der Waals surface area contributed by atoms with Crippen LogP contribution < -0.4 is 4.72 Å². The fourth-order valence-corrected chi connectivity index (χ4v) is 3.41. The zero-order chi connectivity index (χ0) is 14.0. The molecular weight excluding hydrogens is 356 g/mol. The van der Waals surface area contributed by atoms with Crippen LogP contribution in [-0.2, 0) is 10.0 Å². The van der Waals surface area contributed by atoms with E-state index in [-0.39, 0.29) is 21.3 Å². The van der Waals surface area contributed by atoms with Gasteiger partial charge >= 0.3 is 0 Å². The monoisotopic (exact) mass is 360 g/mol. The van der Waals surface area contributed by atoms with Crippen molar-refractivity contribution < 1.29 is 8.42 Å². The molecule has 9 heteroatoms. The summed E-state index contributed by atoms with van der Waals surface area (Å²) in [7, 11) is -3.89. The van der Waals surface area contributed by atoms with Crippen LogP contribution in [0.5, 0.6) is 0 Å². The normalized spacial score (nSPS) is 11.0. The largest absolute Gasteiger partial charge is 0.264 e. The number of aromatic amines is 1. The number of benzene rings is 1. The van der Waals surface area contributed by atoms with Gasteiger partial charge in [-0.05, 0) is 18.2 Å². The summed E-state index contributed by atoms with van der Waals surface area (Å²) in [6.07, 6.45) is 1.22. The SMILES string of the molecule is N#Cc1cn[nH]c1NS(=O)(=O)c1ccc(Br)cc1Cl. The highest BCUT2D eigenvalue weighted by molar-refractivity contribution is 9.10. The molecule has 6 nitrogen and oxygen atoms in total. The molecule has 2 N–H and O–H groups in total. The van der Waals surface area contributed by atoms with E-state index in [1.165, 1.54) is 18.3 Å². The van der Waals surface area contributed by atoms with Crippen LogP contribution in [0.15, 0.2) is 33.8 Å². The van der Waals surface area contributed by atoms with Crippen molar-refractivity contribution in [1.29, 1.82) is 5.26 Å². The summed E-state index contributed by atoms with van der Waals surface area (Å²) in [4.78, 5) is -0.0872. The van der Waals surface area contributed by atoms with Gasteiger partial charge in [-0.2, -0.15) is 10.4 Å². The maximum Gasteiger partial charge on any atom is 0.264 e. The van der Waals surface area contributed by atoms with E-state index in [2.05, 4.69) is 30.8 Å².